The fourth-order valence-electron chi connectivity index (χ4n) is 2.62. The van der Waals surface area contributed by atoms with Gasteiger partial charge in [-0.2, -0.15) is 0 Å². The van der Waals surface area contributed by atoms with E-state index in [0.29, 0.717) is 0 Å². The lowest BCUT2D eigenvalue weighted by Crippen LogP contribution is -1.98. The van der Waals surface area contributed by atoms with Crippen molar-refractivity contribution in [1.82, 2.24) is 9.97 Å². The number of hydrogen-bond acceptors (Lipinski definition) is 2. The minimum atomic E-state index is 0.849. The summed E-state index contributed by atoms with van der Waals surface area (Å²) in [5.74, 6) is 2.72. The van der Waals surface area contributed by atoms with Gasteiger partial charge in [-0.1, -0.05) is 62.5 Å². The smallest absolute Gasteiger partial charge is 0.0901 e. The van der Waals surface area contributed by atoms with Crippen LogP contribution in [0.3, 0.4) is 0 Å². The van der Waals surface area contributed by atoms with Crippen LogP contribution in [0.25, 0.3) is 11.3 Å². The zero-order chi connectivity index (χ0) is 16.5. The number of aromatic nitrogens is 2. The molecule has 0 radical (unpaired) electrons. The molecule has 1 heterocycles. The molecule has 0 aliphatic carbocycles. The summed E-state index contributed by atoms with van der Waals surface area (Å²) >= 11 is 0. The maximum Gasteiger partial charge on any atom is 0.0901 e. The lowest BCUT2D eigenvalue weighted by Gasteiger charge is -2.09. The summed E-state index contributed by atoms with van der Waals surface area (Å²) in [6.07, 6.45) is 17.0. The van der Waals surface area contributed by atoms with E-state index in [1.165, 1.54) is 12.0 Å². The predicted molar refractivity (Wildman–Crippen MR) is 97.0 cm³/mol. The van der Waals surface area contributed by atoms with Gasteiger partial charge < -0.3 is 0 Å². The van der Waals surface area contributed by atoms with Crippen LogP contribution in [-0.2, 0) is 6.42 Å². The van der Waals surface area contributed by atoms with E-state index in [2.05, 4.69) is 30.8 Å². The number of benzene rings is 1. The Labute approximate surface area is 139 Å². The topological polar surface area (TPSA) is 25.8 Å². The molecule has 2 nitrogen and oxygen atoms in total. The maximum absolute atomic E-state index is 5.59. The third-order valence-electron chi connectivity index (χ3n) is 3.74. The van der Waals surface area contributed by atoms with Crippen molar-refractivity contribution < 1.29 is 0 Å². The Hall–Kier alpha value is -2.40. The molecule has 0 fully saturated rings. The molecule has 0 amide bonds. The van der Waals surface area contributed by atoms with E-state index in [1.54, 1.807) is 6.20 Å². The fraction of sp³-hybridized carbons (Fsp3) is 0.333. The van der Waals surface area contributed by atoms with Gasteiger partial charge in [-0.05, 0) is 18.9 Å². The third-order valence-corrected chi connectivity index (χ3v) is 3.74. The highest BCUT2D eigenvalue weighted by atomic mass is 14.8. The number of hydrogen-bond donors (Lipinski definition) is 0. The van der Waals surface area contributed by atoms with Crippen molar-refractivity contribution in [1.29, 1.82) is 0 Å². The Morgan fingerprint density at radius 1 is 1.17 bits per heavy atom. The number of terminal acetylenes is 1. The summed E-state index contributed by atoms with van der Waals surface area (Å²) in [4.78, 5) is 9.15. The zero-order valence-electron chi connectivity index (χ0n) is 14.0. The molecule has 0 aliphatic rings. The van der Waals surface area contributed by atoms with Crippen LogP contribution in [0.15, 0.2) is 48.3 Å². The Balaban J connectivity index is 2.28. The summed E-state index contributed by atoms with van der Waals surface area (Å²) in [6, 6.07) is 7.87. The van der Waals surface area contributed by atoms with Crippen molar-refractivity contribution in [2.75, 3.05) is 0 Å². The van der Waals surface area contributed by atoms with Gasteiger partial charge in [-0.25, -0.2) is 4.98 Å². The number of nitrogens with zero attached hydrogens (tertiary/aromatic N) is 2. The summed E-state index contributed by atoms with van der Waals surface area (Å²) in [7, 11) is 0. The molecule has 23 heavy (non-hydrogen) atoms. The summed E-state index contributed by atoms with van der Waals surface area (Å²) in [5.41, 5.74) is 5.13. The first-order chi connectivity index (χ1) is 11.3. The average Bonchev–Trinajstić information content (AvgIpc) is 2.60. The SMILES string of the molecule is C#Cc1ccccc1-c1cncc(C/C(=C\CCC)CCC)n1. The van der Waals surface area contributed by atoms with E-state index in [0.717, 1.165) is 48.2 Å². The van der Waals surface area contributed by atoms with Crippen molar-refractivity contribution >= 4 is 0 Å². The van der Waals surface area contributed by atoms with E-state index in [1.807, 2.05) is 30.5 Å². The van der Waals surface area contributed by atoms with Crippen molar-refractivity contribution in [3.8, 4) is 23.6 Å². The van der Waals surface area contributed by atoms with Crippen molar-refractivity contribution in [2.24, 2.45) is 0 Å². The van der Waals surface area contributed by atoms with Crippen molar-refractivity contribution in [2.45, 2.75) is 46.0 Å². The highest BCUT2D eigenvalue weighted by Gasteiger charge is 2.07. The van der Waals surface area contributed by atoms with Gasteiger partial charge in [-0.3, -0.25) is 4.98 Å². The summed E-state index contributed by atoms with van der Waals surface area (Å²) < 4.78 is 0. The molecule has 1 aromatic carbocycles. The van der Waals surface area contributed by atoms with Gasteiger partial charge >= 0.3 is 0 Å². The first kappa shape index (κ1) is 17.0. The molecule has 0 saturated carbocycles. The predicted octanol–water partition coefficient (Wildman–Crippen LogP) is 5.19. The van der Waals surface area contributed by atoms with Gasteiger partial charge in [0.25, 0.3) is 0 Å². The van der Waals surface area contributed by atoms with Gasteiger partial charge in [0.15, 0.2) is 0 Å². The first-order valence-electron chi connectivity index (χ1n) is 8.33. The Morgan fingerprint density at radius 3 is 2.74 bits per heavy atom. The summed E-state index contributed by atoms with van der Waals surface area (Å²) in [6.45, 7) is 4.42. The van der Waals surface area contributed by atoms with Gasteiger partial charge in [-0.15, -0.1) is 6.42 Å². The second-order valence-corrected chi connectivity index (χ2v) is 5.66. The molecule has 0 saturated heterocycles. The van der Waals surface area contributed by atoms with Crippen LogP contribution in [0.5, 0.6) is 0 Å². The monoisotopic (exact) mass is 304 g/mol. The first-order valence-corrected chi connectivity index (χ1v) is 8.33. The second-order valence-electron chi connectivity index (χ2n) is 5.66. The zero-order valence-corrected chi connectivity index (χ0v) is 14.0. The molecule has 2 heteroatoms. The minimum absolute atomic E-state index is 0.849. The van der Waals surface area contributed by atoms with Crippen LogP contribution < -0.4 is 0 Å². The van der Waals surface area contributed by atoms with Gasteiger partial charge in [0.2, 0.25) is 0 Å². The van der Waals surface area contributed by atoms with Crippen LogP contribution in [0.2, 0.25) is 0 Å². The van der Waals surface area contributed by atoms with E-state index < -0.39 is 0 Å². The van der Waals surface area contributed by atoms with E-state index >= 15 is 0 Å². The standard InChI is InChI=1S/C21H24N2/c1-4-7-11-17(10-5-2)14-19-15-22-16-21(23-19)20-13-9-8-12-18(20)6-3/h3,8-9,11-13,15-16H,4-5,7,10,14H2,1-2H3/b17-11-. The van der Waals surface area contributed by atoms with Crippen molar-refractivity contribution in [3.63, 3.8) is 0 Å². The highest BCUT2D eigenvalue weighted by molar-refractivity contribution is 5.67. The van der Waals surface area contributed by atoms with Crippen LogP contribution in [0.1, 0.15) is 50.8 Å². The number of allylic oxidation sites excluding steroid dienone is 2. The second kappa shape index (κ2) is 8.90. The van der Waals surface area contributed by atoms with Gasteiger partial charge in [0, 0.05) is 23.7 Å². The molecule has 0 bridgehead atoms. The normalized spacial score (nSPS) is 11.3. The third kappa shape index (κ3) is 4.79. The number of unbranched alkanes of at least 4 members (excludes halogenated alkanes) is 1. The minimum Gasteiger partial charge on any atom is -0.261 e. The summed E-state index contributed by atoms with van der Waals surface area (Å²) in [5, 5.41) is 0. The molecular weight excluding hydrogens is 280 g/mol. The Bertz CT molecular complexity index is 708. The fourth-order valence-corrected chi connectivity index (χ4v) is 2.62. The molecule has 0 N–H and O–H groups in total. The lowest BCUT2D eigenvalue weighted by molar-refractivity contribution is 0.833. The molecule has 1 aromatic heterocycles. The van der Waals surface area contributed by atoms with Gasteiger partial charge in [0.05, 0.1) is 17.6 Å². The van der Waals surface area contributed by atoms with Crippen LogP contribution in [-0.4, -0.2) is 9.97 Å². The molecule has 0 unspecified atom stereocenters. The molecule has 0 aliphatic heterocycles. The van der Waals surface area contributed by atoms with E-state index in [9.17, 15) is 0 Å². The van der Waals surface area contributed by atoms with Gasteiger partial charge in [0.1, 0.15) is 0 Å². The molecule has 118 valence electrons. The largest absolute Gasteiger partial charge is 0.261 e. The number of rotatable bonds is 7. The van der Waals surface area contributed by atoms with E-state index in [-0.39, 0.29) is 0 Å². The molecule has 0 atom stereocenters. The highest BCUT2D eigenvalue weighted by Crippen LogP contribution is 2.21. The quantitative estimate of drug-likeness (QED) is 0.519. The van der Waals surface area contributed by atoms with Crippen LogP contribution in [0.4, 0.5) is 0 Å². The lowest BCUT2D eigenvalue weighted by atomic mass is 10.0. The Morgan fingerprint density at radius 2 is 2.00 bits per heavy atom. The molecule has 0 spiro atoms. The van der Waals surface area contributed by atoms with Crippen LogP contribution >= 0.6 is 0 Å². The molecular formula is C21H24N2. The Kier molecular flexibility index (Phi) is 6.56. The van der Waals surface area contributed by atoms with Crippen LogP contribution in [0, 0.1) is 12.3 Å². The molecule has 2 aromatic rings. The van der Waals surface area contributed by atoms with Crippen molar-refractivity contribution in [3.05, 3.63) is 59.6 Å². The molecule has 2 rings (SSSR count). The van der Waals surface area contributed by atoms with E-state index in [4.69, 9.17) is 11.4 Å². The maximum atomic E-state index is 5.59. The average molecular weight is 304 g/mol.